The van der Waals surface area contributed by atoms with Crippen LogP contribution in [0, 0.1) is 0 Å². The van der Waals surface area contributed by atoms with E-state index >= 15 is 0 Å². The number of nitrogens with two attached hydrogens (primary N) is 1. The van der Waals surface area contributed by atoms with Crippen molar-refractivity contribution in [1.82, 2.24) is 14.5 Å². The Bertz CT molecular complexity index is 340. The van der Waals surface area contributed by atoms with Gasteiger partial charge in [-0.3, -0.25) is 4.90 Å². The minimum absolute atomic E-state index is 0.685. The fourth-order valence-corrected chi connectivity index (χ4v) is 3.01. The number of likely N-dealkylation sites (tertiary alicyclic amines) is 1. The molecule has 0 aromatic carbocycles. The Labute approximate surface area is 107 Å². The third-order valence-electron chi connectivity index (χ3n) is 3.51. The summed E-state index contributed by atoms with van der Waals surface area (Å²) in [6.45, 7) is 4.30. The van der Waals surface area contributed by atoms with Gasteiger partial charge in [-0.2, -0.15) is 0 Å². The quantitative estimate of drug-likeness (QED) is 0.636. The van der Waals surface area contributed by atoms with Crippen molar-refractivity contribution in [3.05, 3.63) is 5.69 Å². The summed E-state index contributed by atoms with van der Waals surface area (Å²) in [5.74, 6) is 5.46. The Hall–Kier alpha value is -0.720. The second-order valence-corrected chi connectivity index (χ2v) is 5.33. The molecule has 6 heteroatoms. The van der Waals surface area contributed by atoms with E-state index in [1.165, 1.54) is 50.2 Å². The van der Waals surface area contributed by atoms with Crippen LogP contribution in [0.2, 0.25) is 0 Å². The van der Waals surface area contributed by atoms with Crippen LogP contribution < -0.4 is 11.3 Å². The maximum atomic E-state index is 5.46. The highest BCUT2D eigenvalue weighted by atomic mass is 32.1. The molecule has 17 heavy (non-hydrogen) atoms. The molecule has 1 fully saturated rings. The van der Waals surface area contributed by atoms with Crippen LogP contribution in [0.1, 0.15) is 44.7 Å². The zero-order valence-electron chi connectivity index (χ0n) is 10.4. The molecule has 96 valence electrons. The highest BCUT2D eigenvalue weighted by Crippen LogP contribution is 2.24. The van der Waals surface area contributed by atoms with E-state index < -0.39 is 0 Å². The van der Waals surface area contributed by atoms with Gasteiger partial charge in [-0.1, -0.05) is 24.3 Å². The number of rotatable bonds is 4. The van der Waals surface area contributed by atoms with Gasteiger partial charge in [0, 0.05) is 24.1 Å². The summed E-state index contributed by atoms with van der Waals surface area (Å²) >= 11 is 1.33. The molecule has 2 rings (SSSR count). The molecule has 2 heterocycles. The fraction of sp³-hybridized carbons (Fsp3) is 0.818. The number of nitrogens with one attached hydrogen (secondary N) is 1. The lowest BCUT2D eigenvalue weighted by molar-refractivity contribution is 0.184. The van der Waals surface area contributed by atoms with Crippen LogP contribution in [0.25, 0.3) is 0 Å². The monoisotopic (exact) mass is 255 g/mol. The van der Waals surface area contributed by atoms with Crippen molar-refractivity contribution < 1.29 is 0 Å². The van der Waals surface area contributed by atoms with Crippen molar-refractivity contribution in [3.63, 3.8) is 0 Å². The third kappa shape index (κ3) is 3.14. The lowest BCUT2D eigenvalue weighted by Gasteiger charge is -2.28. The Morgan fingerprint density at radius 3 is 3.12 bits per heavy atom. The topological polar surface area (TPSA) is 67.1 Å². The van der Waals surface area contributed by atoms with Crippen molar-refractivity contribution in [2.75, 3.05) is 12.0 Å². The van der Waals surface area contributed by atoms with E-state index in [9.17, 15) is 0 Å². The fourth-order valence-electron chi connectivity index (χ4n) is 2.52. The van der Waals surface area contributed by atoms with Gasteiger partial charge in [0.05, 0.1) is 0 Å². The van der Waals surface area contributed by atoms with E-state index in [1.54, 1.807) is 0 Å². The highest BCUT2D eigenvalue weighted by Gasteiger charge is 2.21. The summed E-state index contributed by atoms with van der Waals surface area (Å²) < 4.78 is 3.96. The molecule has 1 atom stereocenters. The third-order valence-corrected chi connectivity index (χ3v) is 4.21. The van der Waals surface area contributed by atoms with Crippen LogP contribution in [0.3, 0.4) is 0 Å². The molecule has 5 nitrogen and oxygen atoms in total. The minimum Gasteiger partial charge on any atom is -0.313 e. The largest absolute Gasteiger partial charge is 0.313 e. The highest BCUT2D eigenvalue weighted by molar-refractivity contribution is 7.10. The van der Waals surface area contributed by atoms with Crippen molar-refractivity contribution >= 4 is 16.5 Å². The lowest BCUT2D eigenvalue weighted by atomic mass is 10.1. The average Bonchev–Trinajstić information content (AvgIpc) is 2.67. The molecule has 1 aliphatic rings. The number of nitrogens with zero attached hydrogens (tertiary/aromatic N) is 3. The molecule has 0 bridgehead atoms. The first kappa shape index (κ1) is 12.7. The van der Waals surface area contributed by atoms with E-state index in [-0.39, 0.29) is 0 Å². The summed E-state index contributed by atoms with van der Waals surface area (Å²) in [6, 6.07) is 0.685. The smallest absolute Gasteiger partial charge is 0.148 e. The van der Waals surface area contributed by atoms with Gasteiger partial charge in [0.1, 0.15) is 10.7 Å². The Morgan fingerprint density at radius 2 is 2.35 bits per heavy atom. The molecule has 3 N–H and O–H groups in total. The predicted molar refractivity (Wildman–Crippen MR) is 70.7 cm³/mol. The van der Waals surface area contributed by atoms with Crippen LogP contribution >= 0.6 is 11.5 Å². The van der Waals surface area contributed by atoms with Gasteiger partial charge < -0.3 is 5.43 Å². The molecule has 1 aromatic rings. The zero-order chi connectivity index (χ0) is 12.1. The first-order chi connectivity index (χ1) is 8.35. The Kier molecular flexibility index (Phi) is 4.70. The Morgan fingerprint density at radius 1 is 1.47 bits per heavy atom. The van der Waals surface area contributed by atoms with Gasteiger partial charge in [0.2, 0.25) is 0 Å². The van der Waals surface area contributed by atoms with E-state index in [0.717, 1.165) is 17.2 Å². The van der Waals surface area contributed by atoms with Crippen LogP contribution in [-0.2, 0) is 6.54 Å². The molecule has 1 aromatic heterocycles. The maximum Gasteiger partial charge on any atom is 0.148 e. The second kappa shape index (κ2) is 6.28. The van der Waals surface area contributed by atoms with Crippen LogP contribution in [0.15, 0.2) is 0 Å². The van der Waals surface area contributed by atoms with Gasteiger partial charge in [-0.05, 0) is 25.8 Å². The molecule has 0 saturated carbocycles. The molecule has 1 saturated heterocycles. The van der Waals surface area contributed by atoms with Crippen molar-refractivity contribution in [1.29, 1.82) is 0 Å². The minimum atomic E-state index is 0.685. The number of aromatic nitrogens is 2. The molecule has 0 amide bonds. The SMILES string of the molecule is CCC1CCCCCN1Cc1nnsc1NN. The Balaban J connectivity index is 2.04. The van der Waals surface area contributed by atoms with E-state index in [1.807, 2.05) is 0 Å². The van der Waals surface area contributed by atoms with Crippen LogP contribution in [0.4, 0.5) is 5.00 Å². The number of hydrazine groups is 1. The van der Waals surface area contributed by atoms with E-state index in [0.29, 0.717) is 6.04 Å². The number of nitrogen functional groups attached to an aromatic ring is 1. The second-order valence-electron chi connectivity index (χ2n) is 4.57. The molecular formula is C11H21N5S. The molecule has 1 unspecified atom stereocenters. The summed E-state index contributed by atoms with van der Waals surface area (Å²) in [5, 5.41) is 5.06. The van der Waals surface area contributed by atoms with Crippen molar-refractivity contribution in [3.8, 4) is 0 Å². The zero-order valence-corrected chi connectivity index (χ0v) is 11.2. The van der Waals surface area contributed by atoms with Gasteiger partial charge in [0.15, 0.2) is 0 Å². The van der Waals surface area contributed by atoms with Gasteiger partial charge in [0.25, 0.3) is 0 Å². The molecule has 0 aliphatic carbocycles. The molecule has 0 spiro atoms. The predicted octanol–water partition coefficient (Wildman–Crippen LogP) is 1.98. The van der Waals surface area contributed by atoms with Crippen molar-refractivity contribution in [2.24, 2.45) is 5.84 Å². The van der Waals surface area contributed by atoms with Crippen LogP contribution in [-0.4, -0.2) is 27.1 Å². The first-order valence-corrected chi connectivity index (χ1v) is 7.14. The molecule has 0 radical (unpaired) electrons. The van der Waals surface area contributed by atoms with Gasteiger partial charge in [-0.15, -0.1) is 5.10 Å². The lowest BCUT2D eigenvalue weighted by Crippen LogP contribution is -2.34. The number of hydrogen-bond acceptors (Lipinski definition) is 6. The number of anilines is 1. The van der Waals surface area contributed by atoms with Crippen LogP contribution in [0.5, 0.6) is 0 Å². The number of hydrogen-bond donors (Lipinski definition) is 2. The summed E-state index contributed by atoms with van der Waals surface area (Å²) in [6.07, 6.45) is 6.51. The average molecular weight is 255 g/mol. The first-order valence-electron chi connectivity index (χ1n) is 6.37. The van der Waals surface area contributed by atoms with E-state index in [4.69, 9.17) is 5.84 Å². The normalized spacial score (nSPS) is 22.4. The summed E-state index contributed by atoms with van der Waals surface area (Å²) in [7, 11) is 0. The molecule has 1 aliphatic heterocycles. The summed E-state index contributed by atoms with van der Waals surface area (Å²) in [4.78, 5) is 2.53. The summed E-state index contributed by atoms with van der Waals surface area (Å²) in [5.41, 5.74) is 3.66. The maximum absolute atomic E-state index is 5.46. The van der Waals surface area contributed by atoms with Crippen molar-refractivity contribution in [2.45, 2.75) is 51.6 Å². The standard InChI is InChI=1S/C11H21N5S/c1-2-9-6-4-3-5-7-16(9)8-10-11(13-12)17-15-14-10/h9,13H,2-8,12H2,1H3. The van der Waals surface area contributed by atoms with E-state index in [2.05, 4.69) is 26.8 Å². The van der Waals surface area contributed by atoms with Gasteiger partial charge in [-0.25, -0.2) is 5.84 Å². The molecular weight excluding hydrogens is 234 g/mol. The van der Waals surface area contributed by atoms with Gasteiger partial charge >= 0.3 is 0 Å².